The van der Waals surface area contributed by atoms with Crippen molar-refractivity contribution in [2.75, 3.05) is 19.7 Å². The van der Waals surface area contributed by atoms with Gasteiger partial charge in [0, 0.05) is 19.1 Å². The molecule has 1 fully saturated rings. The third kappa shape index (κ3) is 2.80. The lowest BCUT2D eigenvalue weighted by molar-refractivity contribution is -0.136. The Morgan fingerprint density at radius 1 is 1.37 bits per heavy atom. The fourth-order valence-corrected chi connectivity index (χ4v) is 2.75. The Labute approximate surface area is 113 Å². The maximum Gasteiger partial charge on any atom is 0.246 e. The minimum atomic E-state index is -0.157. The van der Waals surface area contributed by atoms with Crippen molar-refractivity contribution in [3.05, 3.63) is 35.4 Å². The van der Waals surface area contributed by atoms with E-state index >= 15 is 0 Å². The van der Waals surface area contributed by atoms with Crippen LogP contribution in [-0.4, -0.2) is 37.2 Å². The van der Waals surface area contributed by atoms with Crippen LogP contribution in [0.5, 0.6) is 0 Å². The quantitative estimate of drug-likeness (QED) is 0.835. The van der Waals surface area contributed by atoms with Crippen molar-refractivity contribution >= 4 is 5.91 Å². The molecular weight excluding hydrogens is 240 g/mol. The van der Waals surface area contributed by atoms with Crippen molar-refractivity contribution in [1.82, 2.24) is 10.6 Å². The van der Waals surface area contributed by atoms with E-state index in [2.05, 4.69) is 34.9 Å². The van der Waals surface area contributed by atoms with Gasteiger partial charge in [-0.25, -0.2) is 0 Å². The smallest absolute Gasteiger partial charge is 0.246 e. The summed E-state index contributed by atoms with van der Waals surface area (Å²) in [6.07, 6.45) is 1.86. The lowest BCUT2D eigenvalue weighted by Gasteiger charge is -2.38. The van der Waals surface area contributed by atoms with E-state index in [1.807, 2.05) is 6.92 Å². The van der Waals surface area contributed by atoms with Crippen LogP contribution in [0.4, 0.5) is 0 Å². The largest absolute Gasteiger partial charge is 0.363 e. The third-order valence-corrected chi connectivity index (χ3v) is 3.97. The molecule has 0 spiro atoms. The molecule has 2 N–H and O–H groups in total. The summed E-state index contributed by atoms with van der Waals surface area (Å²) in [5, 5.41) is 6.22. The molecule has 0 radical (unpaired) electrons. The molecule has 1 saturated heterocycles. The average Bonchev–Trinajstić information content (AvgIpc) is 2.76. The number of benzene rings is 1. The summed E-state index contributed by atoms with van der Waals surface area (Å²) < 4.78 is 5.64. The molecule has 102 valence electrons. The number of hydrogen-bond donors (Lipinski definition) is 2. The molecule has 1 aromatic carbocycles. The maximum absolute atomic E-state index is 11.9. The summed E-state index contributed by atoms with van der Waals surface area (Å²) in [5.74, 6) is -0.00840. The average molecular weight is 260 g/mol. The predicted octanol–water partition coefficient (Wildman–Crippen LogP) is 0.648. The SMILES string of the molecule is CC1(OCC(=O)NC2Cc3ccccc3C2)CNC1. The normalized spacial score (nSPS) is 20.7. The number of rotatable bonds is 4. The summed E-state index contributed by atoms with van der Waals surface area (Å²) in [7, 11) is 0. The number of fused-ring (bicyclic) bond motifs is 1. The van der Waals surface area contributed by atoms with Gasteiger partial charge in [0.15, 0.2) is 0 Å². The minimum absolute atomic E-state index is 0.00840. The van der Waals surface area contributed by atoms with Crippen molar-refractivity contribution in [3.63, 3.8) is 0 Å². The molecule has 1 amide bonds. The van der Waals surface area contributed by atoms with Crippen molar-refractivity contribution in [2.24, 2.45) is 0 Å². The molecule has 1 aliphatic heterocycles. The Balaban J connectivity index is 1.46. The Kier molecular flexibility index (Phi) is 3.29. The van der Waals surface area contributed by atoms with Crippen LogP contribution < -0.4 is 10.6 Å². The molecule has 0 aromatic heterocycles. The molecule has 0 atom stereocenters. The van der Waals surface area contributed by atoms with E-state index < -0.39 is 0 Å². The van der Waals surface area contributed by atoms with Crippen LogP contribution in [-0.2, 0) is 22.4 Å². The Bertz CT molecular complexity index is 458. The highest BCUT2D eigenvalue weighted by molar-refractivity contribution is 5.77. The van der Waals surface area contributed by atoms with Gasteiger partial charge in [-0.2, -0.15) is 0 Å². The highest BCUT2D eigenvalue weighted by Crippen LogP contribution is 2.21. The summed E-state index contributed by atoms with van der Waals surface area (Å²) >= 11 is 0. The Hall–Kier alpha value is -1.39. The first-order valence-corrected chi connectivity index (χ1v) is 6.85. The van der Waals surface area contributed by atoms with Crippen molar-refractivity contribution in [2.45, 2.75) is 31.4 Å². The molecule has 1 heterocycles. The molecule has 0 unspecified atom stereocenters. The van der Waals surface area contributed by atoms with E-state index in [9.17, 15) is 4.79 Å². The molecular formula is C15H20N2O2. The predicted molar refractivity (Wildman–Crippen MR) is 73.0 cm³/mol. The van der Waals surface area contributed by atoms with Gasteiger partial charge in [-0.1, -0.05) is 24.3 Å². The van der Waals surface area contributed by atoms with E-state index in [1.165, 1.54) is 11.1 Å². The molecule has 19 heavy (non-hydrogen) atoms. The zero-order chi connectivity index (χ0) is 13.3. The monoisotopic (exact) mass is 260 g/mol. The number of nitrogens with one attached hydrogen (secondary N) is 2. The van der Waals surface area contributed by atoms with E-state index in [1.54, 1.807) is 0 Å². The van der Waals surface area contributed by atoms with Gasteiger partial charge in [0.25, 0.3) is 0 Å². The molecule has 4 heteroatoms. The summed E-state index contributed by atoms with van der Waals surface area (Å²) in [5.41, 5.74) is 2.54. The minimum Gasteiger partial charge on any atom is -0.363 e. The summed E-state index contributed by atoms with van der Waals surface area (Å²) in [4.78, 5) is 11.9. The zero-order valence-electron chi connectivity index (χ0n) is 11.2. The van der Waals surface area contributed by atoms with Gasteiger partial charge >= 0.3 is 0 Å². The van der Waals surface area contributed by atoms with Crippen LogP contribution in [0, 0.1) is 0 Å². The molecule has 1 aromatic rings. The summed E-state index contributed by atoms with van der Waals surface area (Å²) in [6, 6.07) is 8.60. The molecule has 0 bridgehead atoms. The van der Waals surface area contributed by atoms with Gasteiger partial charge in [0.05, 0.1) is 5.60 Å². The van der Waals surface area contributed by atoms with Crippen molar-refractivity contribution < 1.29 is 9.53 Å². The highest BCUT2D eigenvalue weighted by Gasteiger charge is 2.33. The second-order valence-electron chi connectivity index (χ2n) is 5.78. The number of hydrogen-bond acceptors (Lipinski definition) is 3. The topological polar surface area (TPSA) is 50.4 Å². The second kappa shape index (κ2) is 4.94. The number of carbonyl (C=O) groups excluding carboxylic acids is 1. The van der Waals surface area contributed by atoms with Crippen LogP contribution in [0.3, 0.4) is 0 Å². The van der Waals surface area contributed by atoms with Gasteiger partial charge in [-0.15, -0.1) is 0 Å². The molecule has 0 saturated carbocycles. The number of carbonyl (C=O) groups is 1. The van der Waals surface area contributed by atoms with Gasteiger partial charge in [-0.05, 0) is 30.9 Å². The van der Waals surface area contributed by atoms with Gasteiger partial charge in [-0.3, -0.25) is 4.79 Å². The van der Waals surface area contributed by atoms with Crippen LogP contribution in [0.1, 0.15) is 18.1 Å². The van der Waals surface area contributed by atoms with Crippen molar-refractivity contribution in [3.8, 4) is 0 Å². The lowest BCUT2D eigenvalue weighted by atomic mass is 10.0. The van der Waals surface area contributed by atoms with E-state index in [-0.39, 0.29) is 24.2 Å². The molecule has 4 nitrogen and oxygen atoms in total. The van der Waals surface area contributed by atoms with Gasteiger partial charge in [0.1, 0.15) is 6.61 Å². The molecule has 3 rings (SSSR count). The number of ether oxygens (including phenoxy) is 1. The highest BCUT2D eigenvalue weighted by atomic mass is 16.5. The molecule has 2 aliphatic rings. The summed E-state index contributed by atoms with van der Waals surface area (Å²) in [6.45, 7) is 3.84. The standard InChI is InChI=1S/C15H20N2O2/c1-15(9-16-10-15)19-8-14(18)17-13-6-11-4-2-3-5-12(11)7-13/h2-5,13,16H,6-10H2,1H3,(H,17,18). The third-order valence-electron chi connectivity index (χ3n) is 3.97. The zero-order valence-corrected chi connectivity index (χ0v) is 11.2. The first kappa shape index (κ1) is 12.6. The van der Waals surface area contributed by atoms with E-state index in [4.69, 9.17) is 4.74 Å². The first-order valence-electron chi connectivity index (χ1n) is 6.85. The van der Waals surface area contributed by atoms with Crippen LogP contribution in [0.25, 0.3) is 0 Å². The van der Waals surface area contributed by atoms with E-state index in [0.717, 1.165) is 25.9 Å². The van der Waals surface area contributed by atoms with E-state index in [0.29, 0.717) is 0 Å². The van der Waals surface area contributed by atoms with Gasteiger partial charge in [0.2, 0.25) is 5.91 Å². The van der Waals surface area contributed by atoms with Gasteiger partial charge < -0.3 is 15.4 Å². The van der Waals surface area contributed by atoms with Crippen LogP contribution >= 0.6 is 0 Å². The van der Waals surface area contributed by atoms with Crippen molar-refractivity contribution in [1.29, 1.82) is 0 Å². The van der Waals surface area contributed by atoms with Crippen LogP contribution in [0.15, 0.2) is 24.3 Å². The first-order chi connectivity index (χ1) is 9.15. The molecule has 1 aliphatic carbocycles. The second-order valence-corrected chi connectivity index (χ2v) is 5.78. The fraction of sp³-hybridized carbons (Fsp3) is 0.533. The maximum atomic E-state index is 11.9. The van der Waals surface area contributed by atoms with Crippen LogP contribution in [0.2, 0.25) is 0 Å². The fourth-order valence-electron chi connectivity index (χ4n) is 2.75. The lowest BCUT2D eigenvalue weighted by Crippen LogP contribution is -2.59. The Morgan fingerprint density at radius 3 is 2.53 bits per heavy atom. The number of amides is 1. The Morgan fingerprint density at radius 2 is 2.00 bits per heavy atom.